The minimum atomic E-state index is 0.697. The van der Waals surface area contributed by atoms with Gasteiger partial charge in [0.25, 0.3) is 0 Å². The lowest BCUT2D eigenvalue weighted by Gasteiger charge is -2.11. The second-order valence-corrected chi connectivity index (χ2v) is 4.55. The molecule has 0 atom stereocenters. The number of imidazole rings is 1. The number of nitrogens with one attached hydrogen (secondary N) is 1. The van der Waals surface area contributed by atoms with Gasteiger partial charge < -0.3 is 14.5 Å². The zero-order chi connectivity index (χ0) is 14.7. The zero-order valence-electron chi connectivity index (χ0n) is 12.0. The number of hydrogen-bond donors (Lipinski definition) is 1. The first-order valence-electron chi connectivity index (χ1n) is 6.65. The number of H-pyrrole nitrogens is 1. The number of aromatic nitrogens is 2. The molecule has 0 aliphatic carbocycles. The molecule has 1 heterocycles. The predicted octanol–water partition coefficient (Wildman–Crippen LogP) is 3.76. The Hall–Kier alpha value is -2.75. The largest absolute Gasteiger partial charge is 0.493 e. The quantitative estimate of drug-likeness (QED) is 0.791. The van der Waals surface area contributed by atoms with E-state index in [-0.39, 0.29) is 0 Å². The van der Waals surface area contributed by atoms with Gasteiger partial charge in [-0.3, -0.25) is 0 Å². The van der Waals surface area contributed by atoms with Crippen molar-refractivity contribution in [2.24, 2.45) is 0 Å². The van der Waals surface area contributed by atoms with Crippen molar-refractivity contribution in [3.63, 3.8) is 0 Å². The fraction of sp³-hybridized carbons (Fsp3) is 0.118. The van der Waals surface area contributed by atoms with Crippen LogP contribution in [0.1, 0.15) is 0 Å². The molecule has 3 aromatic rings. The van der Waals surface area contributed by atoms with Gasteiger partial charge in [-0.15, -0.1) is 0 Å². The van der Waals surface area contributed by atoms with E-state index in [2.05, 4.69) is 9.97 Å². The zero-order valence-corrected chi connectivity index (χ0v) is 12.0. The van der Waals surface area contributed by atoms with Gasteiger partial charge in [0.15, 0.2) is 11.5 Å². The topological polar surface area (TPSA) is 47.1 Å². The third kappa shape index (κ3) is 2.48. The van der Waals surface area contributed by atoms with E-state index in [9.17, 15) is 0 Å². The van der Waals surface area contributed by atoms with Gasteiger partial charge in [0, 0.05) is 11.1 Å². The van der Waals surface area contributed by atoms with Crippen LogP contribution in [0.15, 0.2) is 54.7 Å². The summed E-state index contributed by atoms with van der Waals surface area (Å²) in [5.74, 6) is 2.23. The molecule has 0 spiro atoms. The van der Waals surface area contributed by atoms with Gasteiger partial charge in [0.05, 0.1) is 26.1 Å². The van der Waals surface area contributed by atoms with Crippen LogP contribution in [0.25, 0.3) is 22.6 Å². The van der Waals surface area contributed by atoms with Gasteiger partial charge in [-0.2, -0.15) is 0 Å². The van der Waals surface area contributed by atoms with Crippen molar-refractivity contribution >= 4 is 0 Å². The molecule has 1 aromatic heterocycles. The summed E-state index contributed by atoms with van der Waals surface area (Å²) in [6.45, 7) is 0. The Morgan fingerprint density at radius 3 is 2.43 bits per heavy atom. The van der Waals surface area contributed by atoms with Crippen molar-refractivity contribution in [2.75, 3.05) is 14.2 Å². The summed E-state index contributed by atoms with van der Waals surface area (Å²) < 4.78 is 10.8. The summed E-state index contributed by atoms with van der Waals surface area (Å²) in [4.78, 5) is 7.77. The average molecular weight is 280 g/mol. The summed E-state index contributed by atoms with van der Waals surface area (Å²) in [6, 6.07) is 15.8. The van der Waals surface area contributed by atoms with Crippen molar-refractivity contribution in [1.29, 1.82) is 0 Å². The molecule has 0 bridgehead atoms. The molecule has 4 heteroatoms. The van der Waals surface area contributed by atoms with Crippen LogP contribution in [0.4, 0.5) is 0 Å². The van der Waals surface area contributed by atoms with E-state index in [1.54, 1.807) is 20.4 Å². The van der Waals surface area contributed by atoms with E-state index in [1.165, 1.54) is 0 Å². The number of rotatable bonds is 4. The molecular formula is C17H16N2O2. The van der Waals surface area contributed by atoms with Crippen LogP contribution in [-0.4, -0.2) is 24.2 Å². The van der Waals surface area contributed by atoms with E-state index >= 15 is 0 Å². The number of ether oxygens (including phenoxy) is 2. The van der Waals surface area contributed by atoms with Crippen molar-refractivity contribution in [3.8, 4) is 34.1 Å². The third-order valence-corrected chi connectivity index (χ3v) is 3.32. The minimum Gasteiger partial charge on any atom is -0.493 e. The van der Waals surface area contributed by atoms with Crippen LogP contribution in [0.2, 0.25) is 0 Å². The highest BCUT2D eigenvalue weighted by molar-refractivity contribution is 5.72. The molecular weight excluding hydrogens is 264 g/mol. The van der Waals surface area contributed by atoms with Crippen LogP contribution in [-0.2, 0) is 0 Å². The predicted molar refractivity (Wildman–Crippen MR) is 82.6 cm³/mol. The molecule has 21 heavy (non-hydrogen) atoms. The Labute approximate surface area is 123 Å². The van der Waals surface area contributed by atoms with E-state index < -0.39 is 0 Å². The lowest BCUT2D eigenvalue weighted by molar-refractivity contribution is 0.356. The van der Waals surface area contributed by atoms with Crippen LogP contribution in [0, 0.1) is 0 Å². The standard InChI is InChI=1S/C17H16N2O2/c1-20-15-10-6-9-13(16(15)21-2)14-11-18-17(19-14)12-7-4-3-5-8-12/h3-11H,1-2H3,(H,18,19). The Morgan fingerprint density at radius 2 is 1.71 bits per heavy atom. The molecule has 0 saturated heterocycles. The SMILES string of the molecule is COc1cccc(-c2cnc(-c3ccccc3)[nH]2)c1OC. The molecule has 106 valence electrons. The lowest BCUT2D eigenvalue weighted by atomic mass is 10.1. The molecule has 0 aliphatic heterocycles. The van der Waals surface area contributed by atoms with E-state index in [1.807, 2.05) is 48.5 Å². The molecule has 0 unspecified atom stereocenters. The smallest absolute Gasteiger partial charge is 0.170 e. The second kappa shape index (κ2) is 5.71. The van der Waals surface area contributed by atoms with Crippen LogP contribution in [0.5, 0.6) is 11.5 Å². The highest BCUT2D eigenvalue weighted by Crippen LogP contribution is 2.37. The maximum atomic E-state index is 5.46. The second-order valence-electron chi connectivity index (χ2n) is 4.55. The average Bonchev–Trinajstić information content (AvgIpc) is 3.04. The van der Waals surface area contributed by atoms with Crippen LogP contribution in [0.3, 0.4) is 0 Å². The van der Waals surface area contributed by atoms with Gasteiger partial charge in [0.1, 0.15) is 5.82 Å². The number of methoxy groups -OCH3 is 2. The first-order chi connectivity index (χ1) is 10.3. The molecule has 0 fully saturated rings. The van der Waals surface area contributed by atoms with Gasteiger partial charge in [-0.25, -0.2) is 4.98 Å². The summed E-state index contributed by atoms with van der Waals surface area (Å²) in [5.41, 5.74) is 2.86. The number of benzene rings is 2. The van der Waals surface area contributed by atoms with Gasteiger partial charge in [-0.1, -0.05) is 36.4 Å². The van der Waals surface area contributed by atoms with Crippen molar-refractivity contribution in [3.05, 3.63) is 54.7 Å². The first kappa shape index (κ1) is 13.2. The molecule has 0 radical (unpaired) electrons. The lowest BCUT2D eigenvalue weighted by Crippen LogP contribution is -1.93. The van der Waals surface area contributed by atoms with Gasteiger partial charge in [0.2, 0.25) is 0 Å². The molecule has 1 N–H and O–H groups in total. The monoisotopic (exact) mass is 280 g/mol. The Bertz CT molecular complexity index is 736. The summed E-state index contributed by atoms with van der Waals surface area (Å²) in [6.07, 6.45) is 1.81. The normalized spacial score (nSPS) is 10.4. The van der Waals surface area contributed by atoms with E-state index in [0.29, 0.717) is 11.5 Å². The summed E-state index contributed by atoms with van der Waals surface area (Å²) >= 11 is 0. The molecule has 0 saturated carbocycles. The van der Waals surface area contributed by atoms with Crippen molar-refractivity contribution < 1.29 is 9.47 Å². The van der Waals surface area contributed by atoms with Crippen molar-refractivity contribution in [2.45, 2.75) is 0 Å². The Kier molecular flexibility index (Phi) is 3.60. The van der Waals surface area contributed by atoms with Gasteiger partial charge >= 0.3 is 0 Å². The number of hydrogen-bond acceptors (Lipinski definition) is 3. The maximum absolute atomic E-state index is 5.46. The molecule has 2 aromatic carbocycles. The Morgan fingerprint density at radius 1 is 0.905 bits per heavy atom. The third-order valence-electron chi connectivity index (χ3n) is 3.32. The van der Waals surface area contributed by atoms with E-state index in [4.69, 9.17) is 9.47 Å². The number of aromatic amines is 1. The maximum Gasteiger partial charge on any atom is 0.170 e. The molecule has 3 rings (SSSR count). The molecule has 0 aliphatic rings. The fourth-order valence-corrected chi connectivity index (χ4v) is 2.30. The molecule has 0 amide bonds. The minimum absolute atomic E-state index is 0.697. The first-order valence-corrected chi connectivity index (χ1v) is 6.65. The highest BCUT2D eigenvalue weighted by Gasteiger charge is 2.13. The number of nitrogens with zero attached hydrogens (tertiary/aromatic N) is 1. The highest BCUT2D eigenvalue weighted by atomic mass is 16.5. The van der Waals surface area contributed by atoms with E-state index in [0.717, 1.165) is 22.6 Å². The Balaban J connectivity index is 2.05. The summed E-state index contributed by atoms with van der Waals surface area (Å²) in [7, 11) is 3.26. The number of para-hydroxylation sites is 1. The molecule has 4 nitrogen and oxygen atoms in total. The van der Waals surface area contributed by atoms with Crippen molar-refractivity contribution in [1.82, 2.24) is 9.97 Å². The van der Waals surface area contributed by atoms with Gasteiger partial charge in [-0.05, 0) is 12.1 Å². The summed E-state index contributed by atoms with van der Waals surface area (Å²) in [5, 5.41) is 0. The van der Waals surface area contributed by atoms with Crippen LogP contribution < -0.4 is 9.47 Å². The van der Waals surface area contributed by atoms with Crippen LogP contribution >= 0.6 is 0 Å². The fourth-order valence-electron chi connectivity index (χ4n) is 2.30.